The van der Waals surface area contributed by atoms with E-state index < -0.39 is 0 Å². The molecule has 0 spiro atoms. The van der Waals surface area contributed by atoms with Crippen molar-refractivity contribution in [3.63, 3.8) is 0 Å². The van der Waals surface area contributed by atoms with Crippen LogP contribution in [0.15, 0.2) is 42.5 Å². The Balaban J connectivity index is 1.64. The minimum absolute atomic E-state index is 0.399. The summed E-state index contributed by atoms with van der Waals surface area (Å²) in [7, 11) is 0. The molecule has 1 heterocycles. The van der Waals surface area contributed by atoms with Crippen LogP contribution in [0.5, 0.6) is 5.75 Å². The molecule has 2 aromatic rings. The standard InChI is InChI=1S/C18H21NO/c1-2-6-16-13(4-1)5-3-7-17(16)20-18(14-8-9-14)15-10-11-19-12-15/h1-7,14-15,18-19H,8-12H2. The van der Waals surface area contributed by atoms with E-state index in [9.17, 15) is 0 Å². The number of rotatable bonds is 4. The summed E-state index contributed by atoms with van der Waals surface area (Å²) in [6.45, 7) is 2.26. The van der Waals surface area contributed by atoms with Gasteiger partial charge in [0.2, 0.25) is 0 Å². The smallest absolute Gasteiger partial charge is 0.127 e. The molecule has 1 saturated carbocycles. The molecule has 0 bridgehead atoms. The largest absolute Gasteiger partial charge is 0.489 e. The van der Waals surface area contributed by atoms with E-state index in [0.29, 0.717) is 12.0 Å². The number of hydrogen-bond donors (Lipinski definition) is 1. The third-order valence-corrected chi connectivity index (χ3v) is 4.66. The van der Waals surface area contributed by atoms with E-state index in [4.69, 9.17) is 4.74 Å². The highest BCUT2D eigenvalue weighted by Crippen LogP contribution is 2.40. The van der Waals surface area contributed by atoms with Gasteiger partial charge >= 0.3 is 0 Å². The lowest BCUT2D eigenvalue weighted by Gasteiger charge is -2.25. The highest BCUT2D eigenvalue weighted by Gasteiger charge is 2.39. The van der Waals surface area contributed by atoms with Gasteiger partial charge in [-0.15, -0.1) is 0 Å². The summed E-state index contributed by atoms with van der Waals surface area (Å²) in [5, 5.41) is 5.99. The van der Waals surface area contributed by atoms with Gasteiger partial charge in [-0.1, -0.05) is 36.4 Å². The van der Waals surface area contributed by atoms with Crippen LogP contribution in [0.4, 0.5) is 0 Å². The van der Waals surface area contributed by atoms with Gasteiger partial charge in [-0.2, -0.15) is 0 Å². The van der Waals surface area contributed by atoms with Gasteiger partial charge in [0, 0.05) is 17.8 Å². The van der Waals surface area contributed by atoms with Crippen molar-refractivity contribution in [2.24, 2.45) is 11.8 Å². The van der Waals surface area contributed by atoms with Gasteiger partial charge in [0.05, 0.1) is 0 Å². The van der Waals surface area contributed by atoms with E-state index in [-0.39, 0.29) is 0 Å². The molecule has 0 amide bonds. The van der Waals surface area contributed by atoms with Gasteiger partial charge < -0.3 is 10.1 Å². The van der Waals surface area contributed by atoms with Gasteiger partial charge in [-0.25, -0.2) is 0 Å². The van der Waals surface area contributed by atoms with Crippen LogP contribution in [0.1, 0.15) is 19.3 Å². The molecule has 2 atom stereocenters. The van der Waals surface area contributed by atoms with Crippen molar-refractivity contribution in [1.82, 2.24) is 5.32 Å². The Morgan fingerprint density at radius 2 is 1.80 bits per heavy atom. The van der Waals surface area contributed by atoms with Gasteiger partial charge in [0.15, 0.2) is 0 Å². The van der Waals surface area contributed by atoms with Crippen molar-refractivity contribution in [3.05, 3.63) is 42.5 Å². The second kappa shape index (κ2) is 5.10. The van der Waals surface area contributed by atoms with Crippen LogP contribution in [-0.2, 0) is 0 Å². The average Bonchev–Trinajstić information content (AvgIpc) is 3.19. The third kappa shape index (κ3) is 2.29. The highest BCUT2D eigenvalue weighted by molar-refractivity contribution is 5.88. The Morgan fingerprint density at radius 1 is 0.950 bits per heavy atom. The van der Waals surface area contributed by atoms with Gasteiger partial charge in [0.25, 0.3) is 0 Å². The number of fused-ring (bicyclic) bond motifs is 1. The monoisotopic (exact) mass is 267 g/mol. The zero-order valence-electron chi connectivity index (χ0n) is 11.7. The summed E-state index contributed by atoms with van der Waals surface area (Å²) in [6.07, 6.45) is 4.33. The summed E-state index contributed by atoms with van der Waals surface area (Å²) in [5.74, 6) is 2.52. The van der Waals surface area contributed by atoms with Crippen LogP contribution < -0.4 is 10.1 Å². The molecular formula is C18H21NO. The van der Waals surface area contributed by atoms with E-state index in [2.05, 4.69) is 47.8 Å². The van der Waals surface area contributed by atoms with E-state index in [0.717, 1.165) is 24.8 Å². The molecule has 4 rings (SSSR count). The number of benzene rings is 2. The maximum absolute atomic E-state index is 6.50. The quantitative estimate of drug-likeness (QED) is 0.913. The molecule has 1 saturated heterocycles. The van der Waals surface area contributed by atoms with Crippen molar-refractivity contribution in [3.8, 4) is 5.75 Å². The molecule has 2 aliphatic rings. The maximum atomic E-state index is 6.50. The molecule has 2 aromatic carbocycles. The van der Waals surface area contributed by atoms with E-state index >= 15 is 0 Å². The van der Waals surface area contributed by atoms with Gasteiger partial charge in [0.1, 0.15) is 11.9 Å². The first-order chi connectivity index (χ1) is 9.92. The van der Waals surface area contributed by atoms with E-state index in [1.54, 1.807) is 0 Å². The molecule has 0 aromatic heterocycles. The zero-order valence-corrected chi connectivity index (χ0v) is 11.7. The van der Waals surface area contributed by atoms with Crippen LogP contribution in [0.3, 0.4) is 0 Å². The Kier molecular flexibility index (Phi) is 3.12. The summed E-state index contributed by atoms with van der Waals surface area (Å²) in [6, 6.07) is 14.9. The highest BCUT2D eigenvalue weighted by atomic mass is 16.5. The van der Waals surface area contributed by atoms with Crippen LogP contribution in [0.25, 0.3) is 10.8 Å². The average molecular weight is 267 g/mol. The van der Waals surface area contributed by atoms with Crippen molar-refractivity contribution in [2.45, 2.75) is 25.4 Å². The molecule has 2 unspecified atom stereocenters. The summed E-state index contributed by atoms with van der Waals surface area (Å²) in [4.78, 5) is 0. The van der Waals surface area contributed by atoms with Crippen LogP contribution >= 0.6 is 0 Å². The summed E-state index contributed by atoms with van der Waals surface area (Å²) >= 11 is 0. The zero-order chi connectivity index (χ0) is 13.4. The van der Waals surface area contributed by atoms with E-state index in [1.165, 1.54) is 30.0 Å². The molecule has 1 N–H and O–H groups in total. The second-order valence-corrected chi connectivity index (χ2v) is 6.15. The number of nitrogens with one attached hydrogen (secondary N) is 1. The molecular weight excluding hydrogens is 246 g/mol. The Hall–Kier alpha value is -1.54. The molecule has 2 heteroatoms. The summed E-state index contributed by atoms with van der Waals surface area (Å²) in [5.41, 5.74) is 0. The second-order valence-electron chi connectivity index (χ2n) is 6.15. The van der Waals surface area contributed by atoms with Crippen molar-refractivity contribution in [1.29, 1.82) is 0 Å². The molecule has 0 radical (unpaired) electrons. The predicted octanol–water partition coefficient (Wildman–Crippen LogP) is 3.61. The molecule has 1 aliphatic carbocycles. The lowest BCUT2D eigenvalue weighted by Crippen LogP contribution is -2.30. The molecule has 20 heavy (non-hydrogen) atoms. The van der Waals surface area contributed by atoms with Crippen molar-refractivity contribution in [2.75, 3.05) is 13.1 Å². The molecule has 104 valence electrons. The summed E-state index contributed by atoms with van der Waals surface area (Å²) < 4.78 is 6.50. The fourth-order valence-corrected chi connectivity index (χ4v) is 3.40. The first-order valence-corrected chi connectivity index (χ1v) is 7.77. The maximum Gasteiger partial charge on any atom is 0.127 e. The number of hydrogen-bond acceptors (Lipinski definition) is 2. The Bertz CT molecular complexity index is 594. The SMILES string of the molecule is c1ccc2c(OC(C3CC3)C3CCNC3)cccc2c1. The fourth-order valence-electron chi connectivity index (χ4n) is 3.40. The molecule has 2 fully saturated rings. The lowest BCUT2D eigenvalue weighted by molar-refractivity contribution is 0.123. The first kappa shape index (κ1) is 12.2. The van der Waals surface area contributed by atoms with E-state index in [1.807, 2.05) is 0 Å². The normalized spacial score (nSPS) is 23.9. The van der Waals surface area contributed by atoms with Crippen LogP contribution in [0.2, 0.25) is 0 Å². The predicted molar refractivity (Wildman–Crippen MR) is 82.1 cm³/mol. The van der Waals surface area contributed by atoms with Crippen molar-refractivity contribution >= 4 is 10.8 Å². The lowest BCUT2D eigenvalue weighted by atomic mass is 9.97. The van der Waals surface area contributed by atoms with Gasteiger partial charge in [-0.05, 0) is 43.2 Å². The Morgan fingerprint density at radius 3 is 2.60 bits per heavy atom. The first-order valence-electron chi connectivity index (χ1n) is 7.77. The van der Waals surface area contributed by atoms with Gasteiger partial charge in [-0.3, -0.25) is 0 Å². The molecule has 2 nitrogen and oxygen atoms in total. The minimum Gasteiger partial charge on any atom is -0.489 e. The molecule has 1 aliphatic heterocycles. The topological polar surface area (TPSA) is 21.3 Å². The van der Waals surface area contributed by atoms with Crippen LogP contribution in [0, 0.1) is 11.8 Å². The fraction of sp³-hybridized carbons (Fsp3) is 0.444. The number of ether oxygens (including phenoxy) is 1. The third-order valence-electron chi connectivity index (χ3n) is 4.66. The van der Waals surface area contributed by atoms with Crippen molar-refractivity contribution < 1.29 is 4.74 Å². The van der Waals surface area contributed by atoms with Crippen LogP contribution in [-0.4, -0.2) is 19.2 Å². The Labute approximate surface area is 120 Å². The minimum atomic E-state index is 0.399.